The van der Waals surface area contributed by atoms with E-state index in [0.29, 0.717) is 5.41 Å². The maximum atomic E-state index is 3.62. The maximum Gasteiger partial charge on any atom is 0.0302 e. The lowest BCUT2D eigenvalue weighted by Crippen LogP contribution is -2.33. The highest BCUT2D eigenvalue weighted by Crippen LogP contribution is 2.23. The van der Waals surface area contributed by atoms with Crippen molar-refractivity contribution in [3.05, 3.63) is 21.9 Å². The van der Waals surface area contributed by atoms with Crippen LogP contribution in [0.15, 0.2) is 11.4 Å². The van der Waals surface area contributed by atoms with Crippen molar-refractivity contribution in [3.8, 4) is 0 Å². The zero-order valence-corrected chi connectivity index (χ0v) is 11.1. The lowest BCUT2D eigenvalue weighted by atomic mass is 9.90. The van der Waals surface area contributed by atoms with Crippen LogP contribution in [-0.4, -0.2) is 19.6 Å². The first-order valence-electron chi connectivity index (χ1n) is 6.20. The lowest BCUT2D eigenvalue weighted by Gasteiger charge is -2.22. The second-order valence-electron chi connectivity index (χ2n) is 5.06. The SMILES string of the molecule is CCc1ccsc1CNCC1(C)CCNC1. The minimum atomic E-state index is 0.462. The van der Waals surface area contributed by atoms with E-state index < -0.39 is 0 Å². The van der Waals surface area contributed by atoms with Gasteiger partial charge in [-0.3, -0.25) is 0 Å². The second kappa shape index (κ2) is 5.30. The van der Waals surface area contributed by atoms with Crippen molar-refractivity contribution in [1.29, 1.82) is 0 Å². The van der Waals surface area contributed by atoms with E-state index in [2.05, 4.69) is 35.9 Å². The number of rotatable bonds is 5. The number of thiophene rings is 1. The van der Waals surface area contributed by atoms with E-state index in [4.69, 9.17) is 0 Å². The van der Waals surface area contributed by atoms with Crippen molar-refractivity contribution in [2.45, 2.75) is 33.2 Å². The topological polar surface area (TPSA) is 24.1 Å². The Labute approximate surface area is 102 Å². The lowest BCUT2D eigenvalue weighted by molar-refractivity contribution is 0.339. The first-order valence-corrected chi connectivity index (χ1v) is 7.08. The molecule has 16 heavy (non-hydrogen) atoms. The van der Waals surface area contributed by atoms with Crippen molar-refractivity contribution >= 4 is 11.3 Å². The number of nitrogens with one attached hydrogen (secondary N) is 2. The van der Waals surface area contributed by atoms with Gasteiger partial charge in [0.25, 0.3) is 0 Å². The van der Waals surface area contributed by atoms with Crippen LogP contribution in [0.3, 0.4) is 0 Å². The van der Waals surface area contributed by atoms with E-state index >= 15 is 0 Å². The molecule has 2 nitrogen and oxygen atoms in total. The maximum absolute atomic E-state index is 3.62. The minimum absolute atomic E-state index is 0.462. The van der Waals surface area contributed by atoms with E-state index in [1.807, 2.05) is 11.3 Å². The summed E-state index contributed by atoms with van der Waals surface area (Å²) in [5, 5.41) is 9.26. The van der Waals surface area contributed by atoms with Crippen LogP contribution in [0.5, 0.6) is 0 Å². The van der Waals surface area contributed by atoms with E-state index in [0.717, 1.165) is 26.1 Å². The van der Waals surface area contributed by atoms with Crippen LogP contribution in [-0.2, 0) is 13.0 Å². The highest BCUT2D eigenvalue weighted by Gasteiger charge is 2.27. The molecule has 1 aromatic rings. The van der Waals surface area contributed by atoms with Crippen LogP contribution in [0.25, 0.3) is 0 Å². The Hall–Kier alpha value is -0.380. The van der Waals surface area contributed by atoms with Crippen LogP contribution in [0.4, 0.5) is 0 Å². The van der Waals surface area contributed by atoms with Gasteiger partial charge in [0.05, 0.1) is 0 Å². The molecule has 1 fully saturated rings. The molecule has 1 aliphatic heterocycles. The summed E-state index contributed by atoms with van der Waals surface area (Å²) in [6.45, 7) is 9.10. The van der Waals surface area contributed by atoms with Gasteiger partial charge in [-0.1, -0.05) is 13.8 Å². The van der Waals surface area contributed by atoms with Gasteiger partial charge in [0.1, 0.15) is 0 Å². The van der Waals surface area contributed by atoms with Crippen LogP contribution < -0.4 is 10.6 Å². The number of hydrogen-bond donors (Lipinski definition) is 2. The molecule has 0 aromatic carbocycles. The minimum Gasteiger partial charge on any atom is -0.316 e. The molecule has 0 radical (unpaired) electrons. The van der Waals surface area contributed by atoms with Gasteiger partial charge in [0.15, 0.2) is 0 Å². The summed E-state index contributed by atoms with van der Waals surface area (Å²) in [6, 6.07) is 2.25. The smallest absolute Gasteiger partial charge is 0.0302 e. The molecule has 1 aromatic heterocycles. The first kappa shape index (κ1) is 12.1. The predicted molar refractivity (Wildman–Crippen MR) is 71.0 cm³/mol. The van der Waals surface area contributed by atoms with Gasteiger partial charge in [-0.25, -0.2) is 0 Å². The van der Waals surface area contributed by atoms with Gasteiger partial charge in [-0.05, 0) is 41.8 Å². The van der Waals surface area contributed by atoms with Crippen molar-refractivity contribution in [3.63, 3.8) is 0 Å². The zero-order chi connectivity index (χ0) is 11.4. The highest BCUT2D eigenvalue weighted by molar-refractivity contribution is 7.10. The van der Waals surface area contributed by atoms with Crippen LogP contribution in [0.1, 0.15) is 30.7 Å². The van der Waals surface area contributed by atoms with Gasteiger partial charge in [-0.15, -0.1) is 11.3 Å². The molecule has 0 aliphatic carbocycles. The highest BCUT2D eigenvalue weighted by atomic mass is 32.1. The summed E-state index contributed by atoms with van der Waals surface area (Å²) in [5.74, 6) is 0. The molecule has 1 saturated heterocycles. The van der Waals surface area contributed by atoms with Crippen LogP contribution in [0.2, 0.25) is 0 Å². The molecule has 1 atom stereocenters. The van der Waals surface area contributed by atoms with Gasteiger partial charge in [0, 0.05) is 24.5 Å². The van der Waals surface area contributed by atoms with Gasteiger partial charge >= 0.3 is 0 Å². The zero-order valence-electron chi connectivity index (χ0n) is 10.3. The fourth-order valence-corrected chi connectivity index (χ4v) is 3.28. The molecule has 90 valence electrons. The Morgan fingerprint density at radius 2 is 2.44 bits per heavy atom. The van der Waals surface area contributed by atoms with Crippen molar-refractivity contribution < 1.29 is 0 Å². The average Bonchev–Trinajstić information content (AvgIpc) is 2.88. The number of aryl methyl sites for hydroxylation is 1. The van der Waals surface area contributed by atoms with Crippen molar-refractivity contribution in [2.75, 3.05) is 19.6 Å². The fraction of sp³-hybridized carbons (Fsp3) is 0.692. The summed E-state index contributed by atoms with van der Waals surface area (Å²) in [6.07, 6.45) is 2.45. The number of hydrogen-bond acceptors (Lipinski definition) is 3. The van der Waals surface area contributed by atoms with Crippen molar-refractivity contribution in [1.82, 2.24) is 10.6 Å². The quantitative estimate of drug-likeness (QED) is 0.823. The monoisotopic (exact) mass is 238 g/mol. The second-order valence-corrected chi connectivity index (χ2v) is 6.06. The average molecular weight is 238 g/mol. The third-order valence-corrected chi connectivity index (χ3v) is 4.48. The summed E-state index contributed by atoms with van der Waals surface area (Å²) >= 11 is 1.88. The van der Waals surface area contributed by atoms with E-state index in [9.17, 15) is 0 Å². The van der Waals surface area contributed by atoms with E-state index in [-0.39, 0.29) is 0 Å². The molecule has 0 amide bonds. The Kier molecular flexibility index (Phi) is 4.00. The normalized spacial score (nSPS) is 25.1. The van der Waals surface area contributed by atoms with Crippen LogP contribution in [0, 0.1) is 5.41 Å². The van der Waals surface area contributed by atoms with E-state index in [1.165, 1.54) is 23.4 Å². The standard InChI is InChI=1S/C13H22N2S/c1-3-11-4-7-16-12(11)8-15-10-13(2)5-6-14-9-13/h4,7,14-15H,3,5-6,8-10H2,1-2H3. The third-order valence-electron chi connectivity index (χ3n) is 3.51. The van der Waals surface area contributed by atoms with Crippen LogP contribution >= 0.6 is 11.3 Å². The first-order chi connectivity index (χ1) is 7.73. The molecule has 2 N–H and O–H groups in total. The summed E-state index contributed by atoms with van der Waals surface area (Å²) in [4.78, 5) is 1.51. The van der Waals surface area contributed by atoms with Gasteiger partial charge in [0.2, 0.25) is 0 Å². The fourth-order valence-electron chi connectivity index (χ4n) is 2.33. The van der Waals surface area contributed by atoms with E-state index in [1.54, 1.807) is 0 Å². The summed E-state index contributed by atoms with van der Waals surface area (Å²) in [7, 11) is 0. The van der Waals surface area contributed by atoms with Gasteiger partial charge < -0.3 is 10.6 Å². The van der Waals surface area contributed by atoms with Crippen molar-refractivity contribution in [2.24, 2.45) is 5.41 Å². The molecule has 0 bridgehead atoms. The third kappa shape index (κ3) is 2.84. The molecular weight excluding hydrogens is 216 g/mol. The Morgan fingerprint density at radius 3 is 3.12 bits per heavy atom. The largest absolute Gasteiger partial charge is 0.316 e. The molecule has 0 spiro atoms. The summed E-state index contributed by atoms with van der Waals surface area (Å²) < 4.78 is 0. The molecule has 2 heterocycles. The molecule has 3 heteroatoms. The Balaban J connectivity index is 1.79. The Morgan fingerprint density at radius 1 is 1.56 bits per heavy atom. The molecular formula is C13H22N2S. The Bertz CT molecular complexity index is 326. The molecule has 1 aliphatic rings. The molecule has 0 saturated carbocycles. The summed E-state index contributed by atoms with van der Waals surface area (Å²) in [5.41, 5.74) is 1.97. The molecule has 1 unspecified atom stereocenters. The predicted octanol–water partition coefficient (Wildman–Crippen LogP) is 2.40. The molecule has 2 rings (SSSR count). The van der Waals surface area contributed by atoms with Gasteiger partial charge in [-0.2, -0.15) is 0 Å².